The van der Waals surface area contributed by atoms with Crippen LogP contribution in [0.1, 0.15) is 30.9 Å². The fourth-order valence-electron chi connectivity index (χ4n) is 3.56. The van der Waals surface area contributed by atoms with Gasteiger partial charge in [-0.25, -0.2) is 9.59 Å². The van der Waals surface area contributed by atoms with Crippen LogP contribution >= 0.6 is 0 Å². The average Bonchev–Trinajstić information content (AvgIpc) is 3.03. The normalized spacial score (nSPS) is 14.8. The van der Waals surface area contributed by atoms with Gasteiger partial charge in [-0.15, -0.1) is 0 Å². The highest BCUT2D eigenvalue weighted by molar-refractivity contribution is 5.82. The lowest BCUT2D eigenvalue weighted by Crippen LogP contribution is -2.51. The molecule has 2 unspecified atom stereocenters. The lowest BCUT2D eigenvalue weighted by Gasteiger charge is -2.24. The Labute approximate surface area is 164 Å². The molecule has 148 valence electrons. The molecule has 28 heavy (non-hydrogen) atoms. The predicted molar refractivity (Wildman–Crippen MR) is 105 cm³/mol. The SMILES string of the molecule is COC(=O)C(NC(=O)OCC1c2ccccc2-c2ccccc21)C(O)C(C)C. The molecule has 0 aromatic heterocycles. The van der Waals surface area contributed by atoms with Crippen LogP contribution < -0.4 is 5.32 Å². The molecule has 6 heteroatoms. The number of fused-ring (bicyclic) bond motifs is 3. The quantitative estimate of drug-likeness (QED) is 0.749. The van der Waals surface area contributed by atoms with E-state index < -0.39 is 24.2 Å². The molecule has 2 atom stereocenters. The molecule has 2 N–H and O–H groups in total. The Bertz CT molecular complexity index is 818. The van der Waals surface area contributed by atoms with Crippen LogP contribution in [0.2, 0.25) is 0 Å². The standard InChI is InChI=1S/C22H25NO5/c1-13(2)20(24)19(21(25)27-3)23-22(26)28-12-18-16-10-6-4-8-14(16)15-9-5-7-11-17(15)18/h4-11,13,18-20,24H,12H2,1-3H3,(H,23,26). The predicted octanol–water partition coefficient (Wildman–Crippen LogP) is 3.08. The number of methoxy groups -OCH3 is 1. The molecule has 3 rings (SSSR count). The fourth-order valence-corrected chi connectivity index (χ4v) is 3.56. The molecule has 0 saturated heterocycles. The number of nitrogens with one attached hydrogen (secondary N) is 1. The number of amides is 1. The average molecular weight is 383 g/mol. The summed E-state index contributed by atoms with van der Waals surface area (Å²) in [6.07, 6.45) is -1.84. The summed E-state index contributed by atoms with van der Waals surface area (Å²) in [7, 11) is 1.21. The van der Waals surface area contributed by atoms with Gasteiger partial charge in [-0.1, -0.05) is 62.4 Å². The highest BCUT2D eigenvalue weighted by Gasteiger charge is 2.33. The molecule has 0 fully saturated rings. The third kappa shape index (κ3) is 3.87. The maximum Gasteiger partial charge on any atom is 0.407 e. The second-order valence-electron chi connectivity index (χ2n) is 7.21. The summed E-state index contributed by atoms with van der Waals surface area (Å²) in [5.41, 5.74) is 4.47. The molecule has 2 aromatic rings. The Morgan fingerprint density at radius 1 is 1.04 bits per heavy atom. The molecule has 1 amide bonds. The zero-order chi connectivity index (χ0) is 20.3. The van der Waals surface area contributed by atoms with Crippen LogP contribution in [0.3, 0.4) is 0 Å². The van der Waals surface area contributed by atoms with E-state index in [2.05, 4.69) is 22.2 Å². The second kappa shape index (κ2) is 8.44. The van der Waals surface area contributed by atoms with E-state index in [4.69, 9.17) is 4.74 Å². The van der Waals surface area contributed by atoms with Crippen LogP contribution in [0.25, 0.3) is 11.1 Å². The lowest BCUT2D eigenvalue weighted by molar-refractivity contribution is -0.146. The zero-order valence-corrected chi connectivity index (χ0v) is 16.2. The van der Waals surface area contributed by atoms with Gasteiger partial charge < -0.3 is 19.9 Å². The zero-order valence-electron chi connectivity index (χ0n) is 16.2. The van der Waals surface area contributed by atoms with E-state index >= 15 is 0 Å². The maximum atomic E-state index is 12.3. The summed E-state index contributed by atoms with van der Waals surface area (Å²) in [4.78, 5) is 24.3. The number of alkyl carbamates (subject to hydrolysis) is 1. The summed E-state index contributed by atoms with van der Waals surface area (Å²) >= 11 is 0. The number of carbonyl (C=O) groups excluding carboxylic acids is 2. The summed E-state index contributed by atoms with van der Waals surface area (Å²) < 4.78 is 10.1. The number of aliphatic hydroxyl groups is 1. The number of rotatable bonds is 6. The van der Waals surface area contributed by atoms with Gasteiger partial charge in [-0.2, -0.15) is 0 Å². The monoisotopic (exact) mass is 383 g/mol. The minimum absolute atomic E-state index is 0.0789. The Kier molecular flexibility index (Phi) is 5.99. The van der Waals surface area contributed by atoms with Crippen molar-refractivity contribution in [1.29, 1.82) is 0 Å². The topological polar surface area (TPSA) is 84.9 Å². The second-order valence-corrected chi connectivity index (χ2v) is 7.21. The number of hydrogen-bond donors (Lipinski definition) is 2. The summed E-state index contributed by atoms with van der Waals surface area (Å²) in [5.74, 6) is -1.03. The highest BCUT2D eigenvalue weighted by atomic mass is 16.6. The van der Waals surface area contributed by atoms with Crippen LogP contribution in [0.4, 0.5) is 4.79 Å². The number of benzene rings is 2. The molecule has 1 aliphatic rings. The molecule has 6 nitrogen and oxygen atoms in total. The third-order valence-electron chi connectivity index (χ3n) is 5.10. The van der Waals surface area contributed by atoms with Crippen LogP contribution in [0.15, 0.2) is 48.5 Å². The molecular formula is C22H25NO5. The number of hydrogen-bond acceptors (Lipinski definition) is 5. The minimum Gasteiger partial charge on any atom is -0.467 e. The molecule has 0 aliphatic heterocycles. The van der Waals surface area contributed by atoms with Gasteiger partial charge in [0.2, 0.25) is 0 Å². The first-order valence-corrected chi connectivity index (χ1v) is 9.31. The highest BCUT2D eigenvalue weighted by Crippen LogP contribution is 2.44. The van der Waals surface area contributed by atoms with Crippen molar-refractivity contribution in [2.24, 2.45) is 5.92 Å². The van der Waals surface area contributed by atoms with Crippen molar-refractivity contribution in [1.82, 2.24) is 5.32 Å². The molecule has 0 bridgehead atoms. The molecule has 0 heterocycles. The van der Waals surface area contributed by atoms with Gasteiger partial charge in [0.25, 0.3) is 0 Å². The van der Waals surface area contributed by atoms with Crippen molar-refractivity contribution in [2.75, 3.05) is 13.7 Å². The molecular weight excluding hydrogens is 358 g/mol. The Morgan fingerprint density at radius 2 is 1.57 bits per heavy atom. The van der Waals surface area contributed by atoms with Crippen molar-refractivity contribution in [2.45, 2.75) is 31.9 Å². The van der Waals surface area contributed by atoms with E-state index in [9.17, 15) is 14.7 Å². The van der Waals surface area contributed by atoms with E-state index in [1.165, 1.54) is 7.11 Å². The first kappa shape index (κ1) is 19.9. The molecule has 0 saturated carbocycles. The molecule has 2 aromatic carbocycles. The summed E-state index contributed by atoms with van der Waals surface area (Å²) in [6, 6.07) is 14.9. The maximum absolute atomic E-state index is 12.3. The van der Waals surface area contributed by atoms with Gasteiger partial charge in [0.05, 0.1) is 13.2 Å². The number of aliphatic hydroxyl groups excluding tert-OH is 1. The molecule has 1 aliphatic carbocycles. The Balaban J connectivity index is 1.71. The number of ether oxygens (including phenoxy) is 2. The first-order valence-electron chi connectivity index (χ1n) is 9.31. The van der Waals surface area contributed by atoms with Gasteiger partial charge in [-0.05, 0) is 28.2 Å². The number of esters is 1. The van der Waals surface area contributed by atoms with Gasteiger partial charge >= 0.3 is 12.1 Å². The van der Waals surface area contributed by atoms with Crippen molar-refractivity contribution in [3.63, 3.8) is 0 Å². The van der Waals surface area contributed by atoms with Gasteiger partial charge in [0.1, 0.15) is 6.61 Å². The van der Waals surface area contributed by atoms with Crippen molar-refractivity contribution in [3.8, 4) is 11.1 Å². The van der Waals surface area contributed by atoms with Crippen molar-refractivity contribution in [3.05, 3.63) is 59.7 Å². The van der Waals surface area contributed by atoms with E-state index in [-0.39, 0.29) is 18.4 Å². The van der Waals surface area contributed by atoms with E-state index in [0.717, 1.165) is 22.3 Å². The van der Waals surface area contributed by atoms with Crippen LogP contribution in [-0.4, -0.2) is 43.0 Å². The van der Waals surface area contributed by atoms with Gasteiger partial charge in [0, 0.05) is 5.92 Å². The van der Waals surface area contributed by atoms with E-state index in [1.54, 1.807) is 13.8 Å². The number of carbonyl (C=O) groups is 2. The minimum atomic E-state index is -1.18. The fraction of sp³-hybridized carbons (Fsp3) is 0.364. The van der Waals surface area contributed by atoms with E-state index in [0.29, 0.717) is 0 Å². The van der Waals surface area contributed by atoms with Crippen LogP contribution in [-0.2, 0) is 14.3 Å². The summed E-state index contributed by atoms with van der Waals surface area (Å²) in [6.45, 7) is 3.63. The van der Waals surface area contributed by atoms with Crippen LogP contribution in [0, 0.1) is 5.92 Å². The molecule has 0 radical (unpaired) electrons. The van der Waals surface area contributed by atoms with Crippen molar-refractivity contribution >= 4 is 12.1 Å². The Morgan fingerprint density at radius 3 is 2.07 bits per heavy atom. The largest absolute Gasteiger partial charge is 0.467 e. The third-order valence-corrected chi connectivity index (χ3v) is 5.10. The van der Waals surface area contributed by atoms with Gasteiger partial charge in [-0.3, -0.25) is 0 Å². The Hall–Kier alpha value is -2.86. The summed E-state index contributed by atoms with van der Waals surface area (Å²) in [5, 5.41) is 12.6. The molecule has 0 spiro atoms. The van der Waals surface area contributed by atoms with Crippen molar-refractivity contribution < 1.29 is 24.2 Å². The van der Waals surface area contributed by atoms with Crippen LogP contribution in [0.5, 0.6) is 0 Å². The smallest absolute Gasteiger partial charge is 0.407 e. The first-order chi connectivity index (χ1) is 13.4. The lowest BCUT2D eigenvalue weighted by atomic mass is 9.98. The van der Waals surface area contributed by atoms with E-state index in [1.807, 2.05) is 36.4 Å². The van der Waals surface area contributed by atoms with Gasteiger partial charge in [0.15, 0.2) is 6.04 Å².